The number of hydrogen-bond donors (Lipinski definition) is 0. The number of pyridine rings is 1. The average molecular weight is 506 g/mol. The highest BCUT2D eigenvalue weighted by Gasteiger charge is 2.43. The molecule has 3 aliphatic heterocycles. The third-order valence-corrected chi connectivity index (χ3v) is 8.91. The molecule has 0 bridgehead atoms. The fraction of sp³-hybridized carbons (Fsp3) is 0.536. The molecule has 3 aromatic rings. The summed E-state index contributed by atoms with van der Waals surface area (Å²) in [5, 5.41) is 6.06. The second-order valence-corrected chi connectivity index (χ2v) is 10.9. The molecule has 1 aliphatic carbocycles. The van der Waals surface area contributed by atoms with Gasteiger partial charge in [-0.15, -0.1) is 0 Å². The van der Waals surface area contributed by atoms with E-state index in [-0.39, 0.29) is 11.5 Å². The van der Waals surface area contributed by atoms with Gasteiger partial charge in [-0.25, -0.2) is 18.9 Å². The van der Waals surface area contributed by atoms with Crippen LogP contribution in [-0.2, 0) is 9.47 Å². The lowest BCUT2D eigenvalue weighted by Crippen LogP contribution is -2.54. The molecule has 4 aliphatic rings. The van der Waals surface area contributed by atoms with Crippen LogP contribution >= 0.6 is 0 Å². The van der Waals surface area contributed by atoms with Gasteiger partial charge in [0.15, 0.2) is 11.3 Å². The highest BCUT2D eigenvalue weighted by atomic mass is 19.1. The number of hydrogen-bond acceptors (Lipinski definition) is 7. The maximum Gasteiger partial charge on any atom is 0.356 e. The van der Waals surface area contributed by atoms with Crippen molar-refractivity contribution < 1.29 is 18.7 Å². The first-order valence-electron chi connectivity index (χ1n) is 13.5. The van der Waals surface area contributed by atoms with Crippen LogP contribution in [0.25, 0.3) is 16.7 Å². The number of aromatic nitrogens is 3. The minimum atomic E-state index is -0.466. The predicted molar refractivity (Wildman–Crippen MR) is 137 cm³/mol. The highest BCUT2D eigenvalue weighted by Crippen LogP contribution is 2.44. The van der Waals surface area contributed by atoms with Crippen LogP contribution in [0.2, 0.25) is 0 Å². The topological polar surface area (TPSA) is 72.7 Å². The summed E-state index contributed by atoms with van der Waals surface area (Å²) in [5.41, 5.74) is 3.68. The van der Waals surface area contributed by atoms with Gasteiger partial charge in [0.05, 0.1) is 48.8 Å². The maximum absolute atomic E-state index is 13.7. The van der Waals surface area contributed by atoms with Crippen molar-refractivity contribution in [1.29, 1.82) is 0 Å². The van der Waals surface area contributed by atoms with E-state index in [0.29, 0.717) is 29.6 Å². The third kappa shape index (κ3) is 3.82. The van der Waals surface area contributed by atoms with Crippen LogP contribution in [0.4, 0.5) is 10.1 Å². The van der Waals surface area contributed by atoms with Gasteiger partial charge in [-0.05, 0) is 68.5 Å². The van der Waals surface area contributed by atoms with Gasteiger partial charge in [0.2, 0.25) is 0 Å². The van der Waals surface area contributed by atoms with Crippen molar-refractivity contribution in [1.82, 2.24) is 19.7 Å². The van der Waals surface area contributed by atoms with Gasteiger partial charge < -0.3 is 14.4 Å². The number of carbonyl (C=O) groups is 1. The number of piperidine rings is 1. The number of rotatable bonds is 5. The number of esters is 1. The molecule has 7 rings (SSSR count). The third-order valence-electron chi connectivity index (χ3n) is 8.91. The molecule has 2 aromatic heterocycles. The van der Waals surface area contributed by atoms with E-state index in [9.17, 15) is 9.18 Å². The summed E-state index contributed by atoms with van der Waals surface area (Å²) >= 11 is 0. The van der Waals surface area contributed by atoms with Crippen molar-refractivity contribution in [2.24, 2.45) is 5.92 Å². The molecule has 0 N–H and O–H groups in total. The number of halogens is 1. The predicted octanol–water partition coefficient (Wildman–Crippen LogP) is 3.91. The van der Waals surface area contributed by atoms with E-state index in [1.54, 1.807) is 16.8 Å². The van der Waals surface area contributed by atoms with Gasteiger partial charge in [0.25, 0.3) is 0 Å². The average Bonchev–Trinajstić information content (AvgIpc) is 3.43. The Morgan fingerprint density at radius 3 is 2.59 bits per heavy atom. The molecule has 5 heterocycles. The van der Waals surface area contributed by atoms with E-state index in [2.05, 4.69) is 9.80 Å². The first kappa shape index (κ1) is 23.1. The normalized spacial score (nSPS) is 24.6. The van der Waals surface area contributed by atoms with Gasteiger partial charge in [-0.3, -0.25) is 4.90 Å². The van der Waals surface area contributed by atoms with E-state index in [1.807, 2.05) is 6.07 Å². The molecule has 3 saturated heterocycles. The molecular formula is C28H32FN5O3. The van der Waals surface area contributed by atoms with E-state index >= 15 is 0 Å². The summed E-state index contributed by atoms with van der Waals surface area (Å²) in [6.45, 7) is 4.70. The van der Waals surface area contributed by atoms with E-state index < -0.39 is 5.97 Å². The molecule has 4 fully saturated rings. The van der Waals surface area contributed by atoms with Gasteiger partial charge >= 0.3 is 5.97 Å². The van der Waals surface area contributed by atoms with Crippen molar-refractivity contribution >= 4 is 22.7 Å². The summed E-state index contributed by atoms with van der Waals surface area (Å²) in [6, 6.07) is 9.35. The summed E-state index contributed by atoms with van der Waals surface area (Å²) < 4.78 is 26.1. The molecule has 8 nitrogen and oxygen atoms in total. The zero-order valence-corrected chi connectivity index (χ0v) is 21.1. The van der Waals surface area contributed by atoms with Crippen LogP contribution in [0.5, 0.6) is 0 Å². The highest BCUT2D eigenvalue weighted by molar-refractivity contribution is 5.99. The van der Waals surface area contributed by atoms with Crippen molar-refractivity contribution in [3.05, 3.63) is 47.5 Å². The monoisotopic (exact) mass is 505 g/mol. The molecule has 0 spiro atoms. The standard InChI is InChI=1S/C28H32FN5O3/c1-36-28(35)22-13-24(32-11-10-23-18(14-32)9-12-33(23)21-15-37-16-21)25-26(17-3-2-4-17)31-34(27(25)30-22)20-7-5-19(29)6-8-20/h5-8,13,17-18,21,23H,2-4,9-12,14-16H2,1H3. The number of carbonyl (C=O) groups excluding carboxylic acids is 1. The summed E-state index contributed by atoms with van der Waals surface area (Å²) in [7, 11) is 1.38. The molecule has 9 heteroatoms. The number of methoxy groups -OCH3 is 1. The number of fused-ring (bicyclic) bond motifs is 2. The van der Waals surface area contributed by atoms with Crippen molar-refractivity contribution in [3.63, 3.8) is 0 Å². The number of anilines is 1. The molecule has 0 amide bonds. The summed E-state index contributed by atoms with van der Waals surface area (Å²) in [5.74, 6) is 0.183. The Morgan fingerprint density at radius 2 is 1.92 bits per heavy atom. The molecule has 37 heavy (non-hydrogen) atoms. The number of ether oxygens (including phenoxy) is 2. The first-order valence-corrected chi connectivity index (χ1v) is 13.5. The number of likely N-dealkylation sites (tertiary alicyclic amines) is 1. The van der Waals surface area contributed by atoms with E-state index in [0.717, 1.165) is 74.6 Å². The molecule has 194 valence electrons. The molecule has 2 atom stereocenters. The second kappa shape index (κ2) is 9.06. The van der Waals surface area contributed by atoms with Gasteiger partial charge in [-0.2, -0.15) is 5.10 Å². The Bertz CT molecular complexity index is 1330. The first-order chi connectivity index (χ1) is 18.1. The number of benzene rings is 1. The van der Waals surface area contributed by atoms with Gasteiger partial charge in [-0.1, -0.05) is 6.42 Å². The fourth-order valence-electron chi connectivity index (χ4n) is 6.62. The van der Waals surface area contributed by atoms with Gasteiger partial charge in [0.1, 0.15) is 5.82 Å². The smallest absolute Gasteiger partial charge is 0.356 e. The lowest BCUT2D eigenvalue weighted by Gasteiger charge is -2.44. The van der Waals surface area contributed by atoms with Crippen molar-refractivity contribution in [2.45, 2.75) is 50.1 Å². The second-order valence-electron chi connectivity index (χ2n) is 10.9. The molecule has 0 radical (unpaired) electrons. The Labute approximate surface area is 215 Å². The van der Waals surface area contributed by atoms with E-state index in [1.165, 1.54) is 32.1 Å². The minimum absolute atomic E-state index is 0.273. The van der Waals surface area contributed by atoms with Crippen LogP contribution < -0.4 is 4.90 Å². The lowest BCUT2D eigenvalue weighted by molar-refractivity contribution is -0.0732. The van der Waals surface area contributed by atoms with Crippen LogP contribution in [0.15, 0.2) is 30.3 Å². The van der Waals surface area contributed by atoms with Crippen LogP contribution in [0, 0.1) is 11.7 Å². The Kier molecular flexibility index (Phi) is 5.66. The maximum atomic E-state index is 13.7. The van der Waals surface area contributed by atoms with Gasteiger partial charge in [0, 0.05) is 25.0 Å². The Hall–Kier alpha value is -3.04. The zero-order valence-electron chi connectivity index (χ0n) is 21.1. The zero-order chi connectivity index (χ0) is 25.1. The quantitative estimate of drug-likeness (QED) is 0.487. The van der Waals surface area contributed by atoms with E-state index in [4.69, 9.17) is 19.6 Å². The minimum Gasteiger partial charge on any atom is -0.464 e. The number of nitrogens with zero attached hydrogens (tertiary/aromatic N) is 5. The molecule has 2 unspecified atom stereocenters. The fourth-order valence-corrected chi connectivity index (χ4v) is 6.62. The lowest BCUT2D eigenvalue weighted by atomic mass is 9.81. The SMILES string of the molecule is COC(=O)c1cc(N2CCC3C(CCN3C3COC3)C2)c2c(C3CCC3)nn(-c3ccc(F)cc3)c2n1. The van der Waals surface area contributed by atoms with Crippen molar-refractivity contribution in [2.75, 3.05) is 44.9 Å². The summed E-state index contributed by atoms with van der Waals surface area (Å²) in [6.07, 6.45) is 5.64. The van der Waals surface area contributed by atoms with Crippen molar-refractivity contribution in [3.8, 4) is 5.69 Å². The Morgan fingerprint density at radius 1 is 1.11 bits per heavy atom. The van der Waals surface area contributed by atoms with Crippen LogP contribution in [0.1, 0.15) is 54.2 Å². The Balaban J connectivity index is 1.33. The molecular weight excluding hydrogens is 473 g/mol. The largest absolute Gasteiger partial charge is 0.464 e. The van der Waals surface area contributed by atoms with Crippen LogP contribution in [-0.4, -0.2) is 77.7 Å². The molecule has 1 saturated carbocycles. The molecule has 1 aromatic carbocycles. The van der Waals surface area contributed by atoms with Crippen LogP contribution in [0.3, 0.4) is 0 Å². The summed E-state index contributed by atoms with van der Waals surface area (Å²) in [4.78, 5) is 22.6.